The molecule has 0 aromatic rings. The molecule has 6 nitrogen and oxygen atoms in total. The van der Waals surface area contributed by atoms with E-state index in [9.17, 15) is 14.7 Å². The van der Waals surface area contributed by atoms with Crippen LogP contribution in [0.15, 0.2) is 0 Å². The molecule has 4 atom stereocenters. The van der Waals surface area contributed by atoms with Gasteiger partial charge in [-0.3, -0.25) is 9.59 Å². The third-order valence-corrected chi connectivity index (χ3v) is 2.38. The second-order valence-corrected chi connectivity index (χ2v) is 3.91. The second kappa shape index (κ2) is 5.27. The number of nitrogens with one attached hydrogen (secondary N) is 1. The number of aliphatic hydroxyl groups is 1. The zero-order chi connectivity index (χ0) is 12.3. The van der Waals surface area contributed by atoms with Gasteiger partial charge in [0.25, 0.3) is 0 Å². The van der Waals surface area contributed by atoms with Crippen LogP contribution in [0.2, 0.25) is 0 Å². The molecule has 1 rings (SSSR count). The van der Waals surface area contributed by atoms with Crippen LogP contribution >= 0.6 is 0 Å². The highest BCUT2D eigenvalue weighted by Gasteiger charge is 2.38. The van der Waals surface area contributed by atoms with Gasteiger partial charge in [-0.1, -0.05) is 0 Å². The maximum atomic E-state index is 11.0. The van der Waals surface area contributed by atoms with Gasteiger partial charge in [0.1, 0.15) is 6.10 Å². The van der Waals surface area contributed by atoms with Crippen LogP contribution in [0.5, 0.6) is 0 Å². The van der Waals surface area contributed by atoms with Crippen molar-refractivity contribution in [1.82, 2.24) is 5.32 Å². The van der Waals surface area contributed by atoms with Gasteiger partial charge >= 0.3 is 5.97 Å². The van der Waals surface area contributed by atoms with Crippen LogP contribution in [0.3, 0.4) is 0 Å². The molecule has 0 spiro atoms. The van der Waals surface area contributed by atoms with Crippen molar-refractivity contribution in [3.05, 3.63) is 0 Å². The SMILES string of the molecule is CC(=O)N[C@H]1C[C@@H](O)O[C@@H](C)[C@H]1OC(C)=O. The summed E-state index contributed by atoms with van der Waals surface area (Å²) >= 11 is 0. The zero-order valence-electron chi connectivity index (χ0n) is 9.60. The molecule has 1 heterocycles. The molecule has 0 bridgehead atoms. The Kier molecular flexibility index (Phi) is 4.26. The fourth-order valence-corrected chi connectivity index (χ4v) is 1.83. The predicted octanol–water partition coefficient (Wildman–Crippen LogP) is -0.450. The van der Waals surface area contributed by atoms with Crippen molar-refractivity contribution in [2.75, 3.05) is 0 Å². The Balaban J connectivity index is 2.71. The van der Waals surface area contributed by atoms with Crippen LogP contribution < -0.4 is 5.32 Å². The Bertz CT molecular complexity index is 280. The molecule has 2 N–H and O–H groups in total. The van der Waals surface area contributed by atoms with E-state index in [0.717, 1.165) is 0 Å². The van der Waals surface area contributed by atoms with Crippen molar-refractivity contribution in [3.8, 4) is 0 Å². The van der Waals surface area contributed by atoms with E-state index >= 15 is 0 Å². The summed E-state index contributed by atoms with van der Waals surface area (Å²) in [7, 11) is 0. The van der Waals surface area contributed by atoms with E-state index < -0.39 is 30.5 Å². The molecule has 0 saturated carbocycles. The molecular weight excluding hydrogens is 214 g/mol. The summed E-state index contributed by atoms with van der Waals surface area (Å²) in [5, 5.41) is 12.0. The highest BCUT2D eigenvalue weighted by Crippen LogP contribution is 2.21. The number of rotatable bonds is 2. The van der Waals surface area contributed by atoms with E-state index in [4.69, 9.17) is 9.47 Å². The van der Waals surface area contributed by atoms with Crippen LogP contribution in [-0.4, -0.2) is 41.5 Å². The molecule has 92 valence electrons. The Labute approximate surface area is 93.9 Å². The molecule has 0 aromatic carbocycles. The molecule has 1 amide bonds. The van der Waals surface area contributed by atoms with E-state index in [1.54, 1.807) is 6.92 Å². The highest BCUT2D eigenvalue weighted by atomic mass is 16.6. The number of amides is 1. The molecule has 0 unspecified atom stereocenters. The summed E-state index contributed by atoms with van der Waals surface area (Å²) in [6.45, 7) is 4.35. The number of hydrogen-bond acceptors (Lipinski definition) is 5. The monoisotopic (exact) mass is 231 g/mol. The molecule has 0 aliphatic carbocycles. The summed E-state index contributed by atoms with van der Waals surface area (Å²) in [6, 6.07) is -0.417. The van der Waals surface area contributed by atoms with Crippen molar-refractivity contribution in [1.29, 1.82) is 0 Å². The number of carbonyl (C=O) groups is 2. The quantitative estimate of drug-likeness (QED) is 0.629. The van der Waals surface area contributed by atoms with E-state index in [1.807, 2.05) is 0 Å². The summed E-state index contributed by atoms with van der Waals surface area (Å²) in [6.07, 6.45) is -1.75. The van der Waals surface area contributed by atoms with Crippen molar-refractivity contribution < 1.29 is 24.2 Å². The summed E-state index contributed by atoms with van der Waals surface area (Å²) < 4.78 is 10.2. The van der Waals surface area contributed by atoms with E-state index in [1.165, 1.54) is 13.8 Å². The average molecular weight is 231 g/mol. The fourth-order valence-electron chi connectivity index (χ4n) is 1.83. The first-order valence-electron chi connectivity index (χ1n) is 5.18. The standard InChI is InChI=1S/C10H17NO5/c1-5-10(16-7(3)13)8(11-6(2)12)4-9(14)15-5/h5,8-10,14H,4H2,1-3H3,(H,11,12)/t5-,8-,9-,10+/m0/s1. The Morgan fingerprint density at radius 2 is 2.06 bits per heavy atom. The molecule has 1 saturated heterocycles. The van der Waals surface area contributed by atoms with E-state index in [-0.39, 0.29) is 12.3 Å². The molecule has 0 radical (unpaired) electrons. The van der Waals surface area contributed by atoms with Gasteiger partial charge < -0.3 is 19.9 Å². The Hall–Kier alpha value is -1.14. The van der Waals surface area contributed by atoms with Gasteiger partial charge in [-0.15, -0.1) is 0 Å². The molecule has 0 aromatic heterocycles. The van der Waals surface area contributed by atoms with Gasteiger partial charge in [0.15, 0.2) is 6.29 Å². The number of hydrogen-bond donors (Lipinski definition) is 2. The average Bonchev–Trinajstić information content (AvgIpc) is 2.09. The lowest BCUT2D eigenvalue weighted by molar-refractivity contribution is -0.214. The lowest BCUT2D eigenvalue weighted by Gasteiger charge is -2.38. The molecule has 1 fully saturated rings. The highest BCUT2D eigenvalue weighted by molar-refractivity contribution is 5.73. The number of ether oxygens (including phenoxy) is 2. The normalized spacial score (nSPS) is 34.2. The van der Waals surface area contributed by atoms with Crippen LogP contribution in [0.4, 0.5) is 0 Å². The molecular formula is C10H17NO5. The van der Waals surface area contributed by atoms with E-state index in [2.05, 4.69) is 5.32 Å². The van der Waals surface area contributed by atoms with Gasteiger partial charge in [0, 0.05) is 20.3 Å². The van der Waals surface area contributed by atoms with Gasteiger partial charge in [-0.25, -0.2) is 0 Å². The van der Waals surface area contributed by atoms with Crippen LogP contribution in [-0.2, 0) is 19.1 Å². The van der Waals surface area contributed by atoms with Crippen LogP contribution in [0.1, 0.15) is 27.2 Å². The maximum absolute atomic E-state index is 11.0. The largest absolute Gasteiger partial charge is 0.458 e. The summed E-state index contributed by atoms with van der Waals surface area (Å²) in [5.41, 5.74) is 0. The van der Waals surface area contributed by atoms with Gasteiger partial charge in [0.05, 0.1) is 12.1 Å². The minimum atomic E-state index is -0.946. The topological polar surface area (TPSA) is 84.9 Å². The summed E-state index contributed by atoms with van der Waals surface area (Å²) in [5.74, 6) is -0.671. The third-order valence-electron chi connectivity index (χ3n) is 2.38. The lowest BCUT2D eigenvalue weighted by Crippen LogP contribution is -2.56. The Morgan fingerprint density at radius 3 is 2.56 bits per heavy atom. The fraction of sp³-hybridized carbons (Fsp3) is 0.800. The molecule has 1 aliphatic heterocycles. The van der Waals surface area contributed by atoms with Crippen LogP contribution in [0, 0.1) is 0 Å². The van der Waals surface area contributed by atoms with E-state index in [0.29, 0.717) is 0 Å². The predicted molar refractivity (Wildman–Crippen MR) is 54.3 cm³/mol. The summed E-state index contributed by atoms with van der Waals surface area (Å²) in [4.78, 5) is 21.9. The number of carbonyl (C=O) groups excluding carboxylic acids is 2. The third kappa shape index (κ3) is 3.46. The first-order valence-corrected chi connectivity index (χ1v) is 5.18. The zero-order valence-corrected chi connectivity index (χ0v) is 9.60. The van der Waals surface area contributed by atoms with Crippen molar-refractivity contribution in [2.24, 2.45) is 0 Å². The Morgan fingerprint density at radius 1 is 1.44 bits per heavy atom. The first kappa shape index (κ1) is 12.9. The maximum Gasteiger partial charge on any atom is 0.303 e. The second-order valence-electron chi connectivity index (χ2n) is 3.91. The van der Waals surface area contributed by atoms with Gasteiger partial charge in [-0.2, -0.15) is 0 Å². The van der Waals surface area contributed by atoms with Gasteiger partial charge in [-0.05, 0) is 6.92 Å². The smallest absolute Gasteiger partial charge is 0.303 e. The van der Waals surface area contributed by atoms with Crippen LogP contribution in [0.25, 0.3) is 0 Å². The van der Waals surface area contributed by atoms with Crippen molar-refractivity contribution in [2.45, 2.75) is 51.7 Å². The van der Waals surface area contributed by atoms with Gasteiger partial charge in [0.2, 0.25) is 5.91 Å². The van der Waals surface area contributed by atoms with Crippen molar-refractivity contribution >= 4 is 11.9 Å². The minimum Gasteiger partial charge on any atom is -0.458 e. The lowest BCUT2D eigenvalue weighted by atomic mass is 9.99. The molecule has 6 heteroatoms. The molecule has 16 heavy (non-hydrogen) atoms. The first-order chi connectivity index (χ1) is 7.40. The molecule has 1 aliphatic rings. The van der Waals surface area contributed by atoms with Crippen molar-refractivity contribution in [3.63, 3.8) is 0 Å². The number of aliphatic hydroxyl groups excluding tert-OH is 1. The number of esters is 1. The minimum absolute atomic E-state index is 0.210.